The average molecular weight is 383 g/mol. The molecule has 1 atom stereocenters. The number of methoxy groups -OCH3 is 1. The van der Waals surface area contributed by atoms with Crippen LogP contribution in [0.3, 0.4) is 0 Å². The fourth-order valence-corrected chi connectivity index (χ4v) is 3.22. The molecule has 0 aliphatic heterocycles. The van der Waals surface area contributed by atoms with Crippen molar-refractivity contribution in [2.24, 2.45) is 0 Å². The quantitative estimate of drug-likeness (QED) is 0.630. The molecule has 0 aliphatic carbocycles. The molecule has 1 aromatic carbocycles. The van der Waals surface area contributed by atoms with Crippen molar-refractivity contribution in [3.8, 4) is 5.69 Å². The Labute approximate surface area is 163 Å². The zero-order chi connectivity index (χ0) is 20.3. The highest BCUT2D eigenvalue weighted by molar-refractivity contribution is 5.84. The summed E-state index contributed by atoms with van der Waals surface area (Å²) >= 11 is 0. The number of hydrogen-bond donors (Lipinski definition) is 1. The number of ether oxygens (including phenoxy) is 1. The second-order valence-electron chi connectivity index (χ2n) is 6.70. The van der Waals surface area contributed by atoms with Crippen molar-refractivity contribution >= 4 is 16.8 Å². The monoisotopic (exact) mass is 383 g/mol. The van der Waals surface area contributed by atoms with Crippen molar-refractivity contribution in [2.45, 2.75) is 33.2 Å². The minimum atomic E-state index is -0.736. The van der Waals surface area contributed by atoms with E-state index in [1.165, 1.54) is 4.68 Å². The summed E-state index contributed by atoms with van der Waals surface area (Å²) in [6.45, 7) is 6.44. The molecule has 1 N–H and O–H groups in total. The van der Waals surface area contributed by atoms with Gasteiger partial charge in [-0.25, -0.2) is 9.36 Å². The molecule has 3 rings (SSSR count). The smallest absolute Gasteiger partial charge is 0.295 e. The molecule has 0 fully saturated rings. The van der Waals surface area contributed by atoms with Gasteiger partial charge in [0, 0.05) is 20.3 Å². The van der Waals surface area contributed by atoms with Gasteiger partial charge in [0.05, 0.1) is 22.5 Å². The van der Waals surface area contributed by atoms with Crippen LogP contribution in [0.4, 0.5) is 0 Å². The van der Waals surface area contributed by atoms with E-state index in [0.717, 1.165) is 16.8 Å². The summed E-state index contributed by atoms with van der Waals surface area (Å²) in [7, 11) is 1.61. The highest BCUT2D eigenvalue weighted by atomic mass is 16.5. The van der Waals surface area contributed by atoms with Crippen LogP contribution in [-0.2, 0) is 9.53 Å². The Hall–Kier alpha value is -3.00. The molecule has 8 nitrogen and oxygen atoms in total. The summed E-state index contributed by atoms with van der Waals surface area (Å²) < 4.78 is 7.92. The van der Waals surface area contributed by atoms with E-state index in [-0.39, 0.29) is 11.5 Å². The molecule has 0 bridgehead atoms. The summed E-state index contributed by atoms with van der Waals surface area (Å²) in [5, 5.41) is 12.5. The number of hydrogen-bond acceptors (Lipinski definition) is 5. The molecule has 2 heterocycles. The molecule has 0 saturated heterocycles. The molecule has 148 valence electrons. The largest absolute Gasteiger partial charge is 0.385 e. The van der Waals surface area contributed by atoms with Gasteiger partial charge in [0.15, 0.2) is 5.52 Å². The first-order valence-corrected chi connectivity index (χ1v) is 9.26. The van der Waals surface area contributed by atoms with Gasteiger partial charge < -0.3 is 10.1 Å². The fraction of sp³-hybridized carbons (Fsp3) is 0.400. The predicted molar refractivity (Wildman–Crippen MR) is 107 cm³/mol. The van der Waals surface area contributed by atoms with Crippen molar-refractivity contribution in [3.05, 3.63) is 52.1 Å². The second kappa shape index (κ2) is 8.35. The number of carbonyl (C=O) groups is 1. The van der Waals surface area contributed by atoms with Crippen LogP contribution in [-0.4, -0.2) is 45.7 Å². The van der Waals surface area contributed by atoms with Crippen molar-refractivity contribution in [2.75, 3.05) is 20.3 Å². The van der Waals surface area contributed by atoms with Crippen molar-refractivity contribution in [1.29, 1.82) is 0 Å². The molecule has 0 saturated carbocycles. The topological polar surface area (TPSA) is 91.0 Å². The van der Waals surface area contributed by atoms with E-state index in [1.807, 2.05) is 44.2 Å². The van der Waals surface area contributed by atoms with E-state index in [0.29, 0.717) is 30.8 Å². The number of para-hydroxylation sites is 1. The van der Waals surface area contributed by atoms with Gasteiger partial charge in [-0.05, 0) is 39.3 Å². The van der Waals surface area contributed by atoms with E-state index in [2.05, 4.69) is 15.5 Å². The molecule has 2 aromatic heterocycles. The Bertz CT molecular complexity index is 1040. The maximum absolute atomic E-state index is 13.0. The molecule has 1 amide bonds. The minimum Gasteiger partial charge on any atom is -0.385 e. The Morgan fingerprint density at radius 2 is 1.93 bits per heavy atom. The number of carbonyl (C=O) groups excluding carboxylic acids is 1. The van der Waals surface area contributed by atoms with E-state index >= 15 is 0 Å². The first-order chi connectivity index (χ1) is 13.5. The molecule has 0 aliphatic rings. The highest BCUT2D eigenvalue weighted by Gasteiger charge is 2.22. The van der Waals surface area contributed by atoms with Crippen LogP contribution in [0.15, 0.2) is 35.1 Å². The van der Waals surface area contributed by atoms with Crippen LogP contribution >= 0.6 is 0 Å². The summed E-state index contributed by atoms with van der Waals surface area (Å²) in [5.74, 6) is -0.260. The Morgan fingerprint density at radius 1 is 1.21 bits per heavy atom. The van der Waals surface area contributed by atoms with Gasteiger partial charge in [-0.1, -0.05) is 18.2 Å². The normalized spacial score (nSPS) is 12.3. The molecule has 28 heavy (non-hydrogen) atoms. The van der Waals surface area contributed by atoms with E-state index in [9.17, 15) is 9.59 Å². The number of aromatic nitrogens is 4. The zero-order valence-electron chi connectivity index (χ0n) is 16.6. The third kappa shape index (κ3) is 3.68. The van der Waals surface area contributed by atoms with Gasteiger partial charge in [0.25, 0.3) is 5.56 Å². The molecule has 0 radical (unpaired) electrons. The summed E-state index contributed by atoms with van der Waals surface area (Å²) in [6.07, 6.45) is 0.704. The zero-order valence-corrected chi connectivity index (χ0v) is 16.6. The van der Waals surface area contributed by atoms with E-state index in [1.54, 1.807) is 18.7 Å². The molecule has 8 heteroatoms. The lowest BCUT2D eigenvalue weighted by Gasteiger charge is -2.14. The number of rotatable bonds is 7. The number of nitrogens with one attached hydrogen (secondary N) is 1. The number of nitrogens with zero attached hydrogens (tertiary/aromatic N) is 4. The summed E-state index contributed by atoms with van der Waals surface area (Å²) in [5.41, 5.74) is 2.30. The maximum Gasteiger partial charge on any atom is 0.295 e. The minimum absolute atomic E-state index is 0.260. The third-order valence-electron chi connectivity index (χ3n) is 4.72. The Kier molecular flexibility index (Phi) is 5.89. The standard InChI is InChI=1S/C20H25N5O3/c1-13-17-14(2)24(16-9-6-5-7-10-16)23-18(17)20(27)25(22-13)15(3)19(26)21-11-8-12-28-4/h5-7,9-10,15H,8,11-12H2,1-4H3,(H,21,26)/t15-/m0/s1. The average Bonchev–Trinajstić information content (AvgIpc) is 3.06. The number of aryl methyl sites for hydroxylation is 2. The van der Waals surface area contributed by atoms with Gasteiger partial charge >= 0.3 is 0 Å². The SMILES string of the molecule is COCCCNC(=O)[C@H](C)n1nc(C)c2c(C)n(-c3ccccc3)nc2c1=O. The first kappa shape index (κ1) is 19.8. The van der Waals surface area contributed by atoms with Crippen LogP contribution in [0.5, 0.6) is 0 Å². The first-order valence-electron chi connectivity index (χ1n) is 9.26. The van der Waals surface area contributed by atoms with Crippen LogP contribution in [0.1, 0.15) is 30.8 Å². The van der Waals surface area contributed by atoms with Crippen LogP contribution in [0.25, 0.3) is 16.6 Å². The molecule has 3 aromatic rings. The lowest BCUT2D eigenvalue weighted by Crippen LogP contribution is -2.38. The summed E-state index contributed by atoms with van der Waals surface area (Å²) in [6, 6.07) is 8.88. The maximum atomic E-state index is 13.0. The summed E-state index contributed by atoms with van der Waals surface area (Å²) in [4.78, 5) is 25.4. The van der Waals surface area contributed by atoms with Crippen molar-refractivity contribution < 1.29 is 9.53 Å². The van der Waals surface area contributed by atoms with Crippen LogP contribution in [0.2, 0.25) is 0 Å². The predicted octanol–water partition coefficient (Wildman–Crippen LogP) is 1.91. The number of benzene rings is 1. The van der Waals surface area contributed by atoms with Crippen LogP contribution in [0, 0.1) is 13.8 Å². The van der Waals surface area contributed by atoms with Gasteiger partial charge in [0.1, 0.15) is 6.04 Å². The lowest BCUT2D eigenvalue weighted by atomic mass is 10.2. The molecular weight excluding hydrogens is 358 g/mol. The van der Waals surface area contributed by atoms with E-state index < -0.39 is 6.04 Å². The molecule has 0 unspecified atom stereocenters. The second-order valence-corrected chi connectivity index (χ2v) is 6.70. The fourth-order valence-electron chi connectivity index (χ4n) is 3.22. The third-order valence-corrected chi connectivity index (χ3v) is 4.72. The van der Waals surface area contributed by atoms with E-state index in [4.69, 9.17) is 4.74 Å². The Balaban J connectivity index is 1.99. The molecular formula is C20H25N5O3. The number of fused-ring (bicyclic) bond motifs is 1. The lowest BCUT2D eigenvalue weighted by molar-refractivity contribution is -0.124. The highest BCUT2D eigenvalue weighted by Crippen LogP contribution is 2.21. The van der Waals surface area contributed by atoms with Gasteiger partial charge in [-0.2, -0.15) is 10.2 Å². The van der Waals surface area contributed by atoms with Crippen molar-refractivity contribution in [1.82, 2.24) is 24.9 Å². The van der Waals surface area contributed by atoms with Gasteiger partial charge in [-0.15, -0.1) is 0 Å². The van der Waals surface area contributed by atoms with Crippen LogP contribution < -0.4 is 10.9 Å². The van der Waals surface area contributed by atoms with Crippen molar-refractivity contribution in [3.63, 3.8) is 0 Å². The van der Waals surface area contributed by atoms with Gasteiger partial charge in [-0.3, -0.25) is 9.59 Å². The molecule has 0 spiro atoms. The van der Waals surface area contributed by atoms with Gasteiger partial charge in [0.2, 0.25) is 5.91 Å². The number of amides is 1. The Morgan fingerprint density at radius 3 is 2.61 bits per heavy atom.